The van der Waals surface area contributed by atoms with Crippen LogP contribution in [0.1, 0.15) is 24.1 Å². The zero-order valence-electron chi connectivity index (χ0n) is 15.8. The molecule has 1 aromatic rings. The van der Waals surface area contributed by atoms with Gasteiger partial charge < -0.3 is 14.9 Å². The van der Waals surface area contributed by atoms with Gasteiger partial charge in [0.2, 0.25) is 15.9 Å². The summed E-state index contributed by atoms with van der Waals surface area (Å²) in [4.78, 5) is 29.0. The second-order valence-corrected chi connectivity index (χ2v) is 10.7. The number of aryl methyl sites for hydroxylation is 1. The molecule has 0 saturated carbocycles. The minimum atomic E-state index is -3.71. The lowest BCUT2D eigenvalue weighted by molar-refractivity contribution is -0.140. The summed E-state index contributed by atoms with van der Waals surface area (Å²) >= 11 is 7.18. The van der Waals surface area contributed by atoms with Gasteiger partial charge in [-0.15, -0.1) is 11.3 Å². The Morgan fingerprint density at radius 1 is 1.34 bits per heavy atom. The van der Waals surface area contributed by atoms with Gasteiger partial charge in [-0.2, -0.15) is 0 Å². The number of halogens is 1. The van der Waals surface area contributed by atoms with Gasteiger partial charge in [-0.3, -0.25) is 14.3 Å². The summed E-state index contributed by atoms with van der Waals surface area (Å²) in [5.41, 5.74) is -0.0200. The molecule has 8 nitrogen and oxygen atoms in total. The quantitative estimate of drug-likeness (QED) is 0.599. The van der Waals surface area contributed by atoms with Crippen LogP contribution in [0.5, 0.6) is 0 Å². The van der Waals surface area contributed by atoms with Crippen LogP contribution in [0, 0.1) is 0 Å². The number of likely N-dealkylation sites (tertiary alicyclic amines) is 1. The second kappa shape index (κ2) is 9.46. The number of carbonyl (C=O) groups excluding carboxylic acids is 2. The summed E-state index contributed by atoms with van der Waals surface area (Å²) < 4.78 is 27.7. The van der Waals surface area contributed by atoms with Crippen molar-refractivity contribution in [3.05, 3.63) is 33.1 Å². The molecule has 2 N–H and O–H groups in total. The lowest BCUT2D eigenvalue weighted by atomic mass is 10.2. The maximum Gasteiger partial charge on any atom is 0.271 e. The van der Waals surface area contributed by atoms with Crippen LogP contribution < -0.4 is 4.72 Å². The molecule has 11 heteroatoms. The molecule has 2 amide bonds. The van der Waals surface area contributed by atoms with Gasteiger partial charge in [0.05, 0.1) is 22.7 Å². The second-order valence-electron chi connectivity index (χ2n) is 7.08. The van der Waals surface area contributed by atoms with E-state index in [1.54, 1.807) is 23.1 Å². The highest BCUT2D eigenvalue weighted by atomic mass is 35.5. The number of thiophene rings is 1. The highest BCUT2D eigenvalue weighted by Gasteiger charge is 2.32. The maximum absolute atomic E-state index is 12.7. The minimum Gasteiger partial charge on any atom is -0.394 e. The number of sulfonamides is 1. The fraction of sp³-hybridized carbons (Fsp3) is 0.556. The van der Waals surface area contributed by atoms with Crippen molar-refractivity contribution < 1.29 is 23.1 Å². The van der Waals surface area contributed by atoms with Gasteiger partial charge in [-0.25, -0.2) is 8.42 Å². The van der Waals surface area contributed by atoms with E-state index < -0.39 is 15.9 Å². The molecule has 1 aromatic heterocycles. The molecule has 3 rings (SSSR count). The van der Waals surface area contributed by atoms with Crippen molar-refractivity contribution in [2.75, 3.05) is 32.0 Å². The Kier molecular flexibility index (Phi) is 7.20. The van der Waals surface area contributed by atoms with Crippen molar-refractivity contribution in [2.24, 2.45) is 0 Å². The number of amides is 2. The van der Waals surface area contributed by atoms with Crippen molar-refractivity contribution in [1.82, 2.24) is 14.5 Å². The first-order chi connectivity index (χ1) is 13.8. The van der Waals surface area contributed by atoms with E-state index >= 15 is 0 Å². The smallest absolute Gasteiger partial charge is 0.271 e. The summed E-state index contributed by atoms with van der Waals surface area (Å²) in [6, 6.07) is 3.28. The average molecular weight is 462 g/mol. The lowest BCUT2D eigenvalue weighted by Crippen LogP contribution is -2.48. The van der Waals surface area contributed by atoms with Crippen LogP contribution >= 0.6 is 22.9 Å². The van der Waals surface area contributed by atoms with Crippen LogP contribution in [0.3, 0.4) is 0 Å². The highest BCUT2D eigenvalue weighted by molar-refractivity contribution is 7.89. The Balaban J connectivity index is 1.57. The summed E-state index contributed by atoms with van der Waals surface area (Å²) in [5.74, 6) is -0.903. The number of rotatable bonds is 8. The first kappa shape index (κ1) is 22.1. The van der Waals surface area contributed by atoms with Gasteiger partial charge in [0.1, 0.15) is 12.2 Å². The van der Waals surface area contributed by atoms with Crippen LogP contribution in [0.15, 0.2) is 23.9 Å². The van der Waals surface area contributed by atoms with Crippen molar-refractivity contribution in [1.29, 1.82) is 0 Å². The normalized spacial score (nSPS) is 20.1. The van der Waals surface area contributed by atoms with E-state index in [0.29, 0.717) is 30.3 Å². The van der Waals surface area contributed by atoms with Crippen LogP contribution in [0.25, 0.3) is 0 Å². The molecule has 0 aromatic carbocycles. The molecule has 3 heterocycles. The van der Waals surface area contributed by atoms with Crippen molar-refractivity contribution in [2.45, 2.75) is 31.7 Å². The molecular weight excluding hydrogens is 438 g/mol. The summed E-state index contributed by atoms with van der Waals surface area (Å²) in [6.45, 7) is 0.692. The third-order valence-electron chi connectivity index (χ3n) is 5.01. The third-order valence-corrected chi connectivity index (χ3v) is 7.57. The zero-order valence-corrected chi connectivity index (χ0v) is 18.2. The molecule has 0 radical (unpaired) electrons. The molecule has 0 unspecified atom stereocenters. The van der Waals surface area contributed by atoms with Gasteiger partial charge in [0.25, 0.3) is 5.91 Å². The van der Waals surface area contributed by atoms with Gasteiger partial charge in [0.15, 0.2) is 0 Å². The Bertz CT molecular complexity index is 899. The highest BCUT2D eigenvalue weighted by Crippen LogP contribution is 2.22. The number of nitrogens with zero attached hydrogens (tertiary/aromatic N) is 2. The predicted molar refractivity (Wildman–Crippen MR) is 111 cm³/mol. The van der Waals surface area contributed by atoms with E-state index in [-0.39, 0.29) is 36.6 Å². The van der Waals surface area contributed by atoms with Gasteiger partial charge in [-0.1, -0.05) is 17.7 Å². The number of hydrogen-bond acceptors (Lipinski definition) is 6. The van der Waals surface area contributed by atoms with Crippen molar-refractivity contribution in [3.63, 3.8) is 0 Å². The summed E-state index contributed by atoms with van der Waals surface area (Å²) in [5, 5.41) is 9.38. The number of carbonyl (C=O) groups is 2. The van der Waals surface area contributed by atoms with Crippen LogP contribution in [0.4, 0.5) is 0 Å². The molecule has 1 fully saturated rings. The van der Waals surface area contributed by atoms with E-state index in [1.165, 1.54) is 16.2 Å². The Hall–Kier alpha value is -1.62. The molecule has 2 aliphatic heterocycles. The van der Waals surface area contributed by atoms with Crippen molar-refractivity contribution >= 4 is 44.8 Å². The van der Waals surface area contributed by atoms with Gasteiger partial charge in [-0.05, 0) is 37.8 Å². The molecular formula is C18H24ClN3O5S2. The number of nitrogens with one attached hydrogen (secondary N) is 1. The van der Waals surface area contributed by atoms with E-state index in [0.717, 1.165) is 17.7 Å². The van der Waals surface area contributed by atoms with E-state index in [4.69, 9.17) is 11.6 Å². The van der Waals surface area contributed by atoms with E-state index in [9.17, 15) is 23.1 Å². The molecule has 2 aliphatic rings. The van der Waals surface area contributed by atoms with Crippen LogP contribution in [0.2, 0.25) is 4.34 Å². The van der Waals surface area contributed by atoms with Gasteiger partial charge in [0, 0.05) is 18.0 Å². The van der Waals surface area contributed by atoms with E-state index in [1.807, 2.05) is 0 Å². The standard InChI is InChI=1S/C18H24ClN3O5S2/c19-16-6-5-14(28-16)7-10-29(26,27)20-15-4-2-8-21(18(15)25)11-17(24)22-9-1-3-13(22)12-23/h4-6,13,20,23H,1-3,7-12H2/t13-/m0/s1. The number of aliphatic hydroxyl groups is 1. The molecule has 1 atom stereocenters. The number of hydrogen-bond donors (Lipinski definition) is 2. The number of aliphatic hydroxyl groups excluding tert-OH is 1. The monoisotopic (exact) mass is 461 g/mol. The first-order valence-corrected chi connectivity index (χ1v) is 12.3. The van der Waals surface area contributed by atoms with Gasteiger partial charge >= 0.3 is 0 Å². The zero-order chi connectivity index (χ0) is 21.0. The van der Waals surface area contributed by atoms with Crippen LogP contribution in [-0.4, -0.2) is 73.2 Å². The fourth-order valence-corrected chi connectivity index (χ4v) is 5.82. The summed E-state index contributed by atoms with van der Waals surface area (Å²) in [6.07, 6.45) is 3.88. The third kappa shape index (κ3) is 5.71. The molecule has 0 spiro atoms. The molecule has 160 valence electrons. The molecule has 29 heavy (non-hydrogen) atoms. The topological polar surface area (TPSA) is 107 Å². The first-order valence-electron chi connectivity index (χ1n) is 9.43. The molecule has 0 bridgehead atoms. The fourth-order valence-electron chi connectivity index (χ4n) is 3.51. The van der Waals surface area contributed by atoms with E-state index in [2.05, 4.69) is 4.72 Å². The SMILES string of the molecule is O=C1C(NS(=O)(=O)CCc2ccc(Cl)s2)=CCCN1CC(=O)N1CCC[C@H]1CO. The minimum absolute atomic E-state index is 0.0200. The maximum atomic E-state index is 12.7. The largest absolute Gasteiger partial charge is 0.394 e. The molecule has 1 saturated heterocycles. The lowest BCUT2D eigenvalue weighted by Gasteiger charge is -2.30. The Morgan fingerprint density at radius 2 is 2.14 bits per heavy atom. The summed E-state index contributed by atoms with van der Waals surface area (Å²) in [7, 11) is -3.71. The Morgan fingerprint density at radius 3 is 2.83 bits per heavy atom. The Labute approximate surface area is 179 Å². The van der Waals surface area contributed by atoms with Crippen molar-refractivity contribution in [3.8, 4) is 0 Å². The van der Waals surface area contributed by atoms with Crippen LogP contribution in [-0.2, 0) is 26.0 Å². The molecule has 0 aliphatic carbocycles. The average Bonchev–Trinajstić information content (AvgIpc) is 3.32. The predicted octanol–water partition coefficient (Wildman–Crippen LogP) is 0.963.